The lowest BCUT2D eigenvalue weighted by Crippen LogP contribution is -2.33. The Morgan fingerprint density at radius 2 is 1.27 bits per heavy atom. The van der Waals surface area contributed by atoms with Gasteiger partial charge in [-0.3, -0.25) is 4.72 Å². The standard InChI is InChI=1S/C15H15F3N2O4S2/c1-11-2-6-14(7-3-11)26(23,24)20-12-4-8-13(9-5-12)25(21,22)19-10-15(16,17)18/h2-9,19-20H,10H2,1H3. The van der Waals surface area contributed by atoms with E-state index in [0.29, 0.717) is 0 Å². The second-order valence-corrected chi connectivity index (χ2v) is 8.83. The Kier molecular flexibility index (Phi) is 5.64. The molecule has 2 N–H and O–H groups in total. The van der Waals surface area contributed by atoms with Crippen LogP contribution in [-0.2, 0) is 20.0 Å². The normalized spacial score (nSPS) is 12.8. The van der Waals surface area contributed by atoms with Crippen molar-refractivity contribution >= 4 is 25.7 Å². The number of alkyl halides is 3. The van der Waals surface area contributed by atoms with Gasteiger partial charge < -0.3 is 0 Å². The lowest BCUT2D eigenvalue weighted by atomic mass is 10.2. The minimum atomic E-state index is -4.68. The molecule has 0 radical (unpaired) electrons. The fourth-order valence-electron chi connectivity index (χ4n) is 1.89. The third kappa shape index (κ3) is 5.44. The minimum absolute atomic E-state index is 0.0200. The van der Waals surface area contributed by atoms with E-state index < -0.39 is 37.7 Å². The van der Waals surface area contributed by atoms with Gasteiger partial charge in [0.25, 0.3) is 10.0 Å². The van der Waals surface area contributed by atoms with Gasteiger partial charge >= 0.3 is 6.18 Å². The molecule has 0 unspecified atom stereocenters. The van der Waals surface area contributed by atoms with Gasteiger partial charge in [0.2, 0.25) is 10.0 Å². The summed E-state index contributed by atoms with van der Waals surface area (Å²) in [6.07, 6.45) is -4.68. The Morgan fingerprint density at radius 3 is 1.77 bits per heavy atom. The summed E-state index contributed by atoms with van der Waals surface area (Å²) >= 11 is 0. The van der Waals surface area contributed by atoms with Crippen molar-refractivity contribution in [2.45, 2.75) is 22.9 Å². The van der Waals surface area contributed by atoms with Crippen LogP contribution in [0.2, 0.25) is 0 Å². The minimum Gasteiger partial charge on any atom is -0.280 e. The van der Waals surface area contributed by atoms with E-state index in [4.69, 9.17) is 0 Å². The molecule has 0 fully saturated rings. The van der Waals surface area contributed by atoms with Crippen LogP contribution in [-0.4, -0.2) is 29.6 Å². The number of aryl methyl sites for hydroxylation is 1. The monoisotopic (exact) mass is 408 g/mol. The van der Waals surface area contributed by atoms with Crippen molar-refractivity contribution < 1.29 is 30.0 Å². The molecule has 0 bridgehead atoms. The molecule has 6 nitrogen and oxygen atoms in total. The van der Waals surface area contributed by atoms with E-state index in [0.717, 1.165) is 29.8 Å². The van der Waals surface area contributed by atoms with E-state index in [1.165, 1.54) is 16.9 Å². The predicted octanol–water partition coefficient (Wildman–Crippen LogP) is 2.64. The van der Waals surface area contributed by atoms with Gasteiger partial charge in [0.15, 0.2) is 0 Å². The molecule has 0 amide bonds. The zero-order valence-corrected chi connectivity index (χ0v) is 15.0. The van der Waals surface area contributed by atoms with Gasteiger partial charge in [0.05, 0.1) is 9.79 Å². The van der Waals surface area contributed by atoms with Gasteiger partial charge in [-0.15, -0.1) is 0 Å². The van der Waals surface area contributed by atoms with E-state index in [1.807, 2.05) is 0 Å². The molecule has 0 aliphatic rings. The van der Waals surface area contributed by atoms with Crippen molar-refractivity contribution in [3.8, 4) is 0 Å². The Bertz CT molecular complexity index is 969. The molecular weight excluding hydrogens is 393 g/mol. The van der Waals surface area contributed by atoms with Crippen molar-refractivity contribution in [2.75, 3.05) is 11.3 Å². The van der Waals surface area contributed by atoms with Gasteiger partial charge in [-0.05, 0) is 43.3 Å². The molecule has 0 atom stereocenters. The highest BCUT2D eigenvalue weighted by atomic mass is 32.2. The topological polar surface area (TPSA) is 92.3 Å². The largest absolute Gasteiger partial charge is 0.402 e. The maximum Gasteiger partial charge on any atom is 0.402 e. The summed E-state index contributed by atoms with van der Waals surface area (Å²) in [7, 11) is -8.23. The maximum atomic E-state index is 12.2. The molecule has 26 heavy (non-hydrogen) atoms. The quantitative estimate of drug-likeness (QED) is 0.769. The molecule has 2 aromatic carbocycles. The Morgan fingerprint density at radius 1 is 0.808 bits per heavy atom. The van der Waals surface area contributed by atoms with Crippen LogP contribution in [0.3, 0.4) is 0 Å². The van der Waals surface area contributed by atoms with Crippen LogP contribution in [0.4, 0.5) is 18.9 Å². The highest BCUT2D eigenvalue weighted by Crippen LogP contribution is 2.20. The van der Waals surface area contributed by atoms with Crippen molar-refractivity contribution in [3.63, 3.8) is 0 Å². The SMILES string of the molecule is Cc1ccc(S(=O)(=O)Nc2ccc(S(=O)(=O)NCC(F)(F)F)cc2)cc1. The molecular formula is C15H15F3N2O4S2. The fraction of sp³-hybridized carbons (Fsp3) is 0.200. The number of sulfonamides is 2. The Hall–Kier alpha value is -2.11. The molecule has 0 aromatic heterocycles. The molecule has 2 aromatic rings. The average Bonchev–Trinajstić information content (AvgIpc) is 2.53. The first-order valence-corrected chi connectivity index (χ1v) is 10.1. The molecule has 0 heterocycles. The molecule has 0 saturated carbocycles. The van der Waals surface area contributed by atoms with Crippen LogP contribution in [0.1, 0.15) is 5.56 Å². The third-order valence-corrected chi connectivity index (χ3v) is 6.03. The number of halogens is 3. The van der Waals surface area contributed by atoms with Crippen LogP contribution < -0.4 is 9.44 Å². The molecule has 0 aliphatic heterocycles. The summed E-state index contributed by atoms with van der Waals surface area (Å²) in [6.45, 7) is 0.104. The molecule has 2 rings (SSSR count). The summed E-state index contributed by atoms with van der Waals surface area (Å²) in [5, 5.41) is 0. The summed E-state index contributed by atoms with van der Waals surface area (Å²) < 4.78 is 88.1. The Labute approximate surface area is 149 Å². The Balaban J connectivity index is 2.15. The van der Waals surface area contributed by atoms with Crippen molar-refractivity contribution in [2.24, 2.45) is 0 Å². The number of anilines is 1. The van der Waals surface area contributed by atoms with Crippen molar-refractivity contribution in [1.82, 2.24) is 4.72 Å². The first-order chi connectivity index (χ1) is 11.9. The maximum absolute atomic E-state index is 12.2. The van der Waals surface area contributed by atoms with Crippen LogP contribution in [0.15, 0.2) is 58.3 Å². The highest BCUT2D eigenvalue weighted by molar-refractivity contribution is 7.92. The highest BCUT2D eigenvalue weighted by Gasteiger charge is 2.30. The van der Waals surface area contributed by atoms with Gasteiger partial charge in [-0.25, -0.2) is 21.6 Å². The first kappa shape index (κ1) is 20.2. The zero-order valence-electron chi connectivity index (χ0n) is 13.4. The third-order valence-electron chi connectivity index (χ3n) is 3.21. The summed E-state index contributed by atoms with van der Waals surface area (Å²) in [6, 6.07) is 10.4. The van der Waals surface area contributed by atoms with Crippen LogP contribution in [0.25, 0.3) is 0 Å². The number of hydrogen-bond acceptors (Lipinski definition) is 4. The fourth-order valence-corrected chi connectivity index (χ4v) is 3.97. The van der Waals surface area contributed by atoms with Crippen LogP contribution >= 0.6 is 0 Å². The first-order valence-electron chi connectivity index (χ1n) is 7.15. The second kappa shape index (κ2) is 7.25. The van der Waals surface area contributed by atoms with Crippen molar-refractivity contribution in [3.05, 3.63) is 54.1 Å². The molecule has 11 heteroatoms. The summed E-state index contributed by atoms with van der Waals surface area (Å²) in [4.78, 5) is -0.397. The lowest BCUT2D eigenvalue weighted by molar-refractivity contribution is -0.121. The van der Waals surface area contributed by atoms with Gasteiger partial charge in [0, 0.05) is 5.69 Å². The van der Waals surface area contributed by atoms with E-state index in [2.05, 4.69) is 4.72 Å². The number of benzene rings is 2. The smallest absolute Gasteiger partial charge is 0.280 e. The van der Waals surface area contributed by atoms with Crippen LogP contribution in [0, 0.1) is 6.92 Å². The lowest BCUT2D eigenvalue weighted by Gasteiger charge is -2.11. The van der Waals surface area contributed by atoms with E-state index in [-0.39, 0.29) is 10.6 Å². The van der Waals surface area contributed by atoms with Gasteiger partial charge in [-0.1, -0.05) is 17.7 Å². The van der Waals surface area contributed by atoms with Crippen LogP contribution in [0.5, 0.6) is 0 Å². The number of rotatable bonds is 6. The number of hydrogen-bond donors (Lipinski definition) is 2. The molecule has 0 aliphatic carbocycles. The van der Waals surface area contributed by atoms with Gasteiger partial charge in [0.1, 0.15) is 6.54 Å². The van der Waals surface area contributed by atoms with E-state index in [9.17, 15) is 30.0 Å². The second-order valence-electron chi connectivity index (χ2n) is 5.38. The zero-order chi connectivity index (χ0) is 19.6. The van der Waals surface area contributed by atoms with E-state index >= 15 is 0 Å². The number of nitrogens with one attached hydrogen (secondary N) is 2. The van der Waals surface area contributed by atoms with E-state index in [1.54, 1.807) is 19.1 Å². The van der Waals surface area contributed by atoms with Gasteiger partial charge in [-0.2, -0.15) is 13.2 Å². The molecule has 142 valence electrons. The van der Waals surface area contributed by atoms with Crippen molar-refractivity contribution in [1.29, 1.82) is 0 Å². The molecule has 0 spiro atoms. The average molecular weight is 408 g/mol. The summed E-state index contributed by atoms with van der Waals surface area (Å²) in [5.41, 5.74) is 0.949. The predicted molar refractivity (Wildman–Crippen MR) is 89.7 cm³/mol. The summed E-state index contributed by atoms with van der Waals surface area (Å²) in [5.74, 6) is 0. The molecule has 0 saturated heterocycles.